The lowest BCUT2D eigenvalue weighted by Crippen LogP contribution is -2.19. The summed E-state index contributed by atoms with van der Waals surface area (Å²) < 4.78 is 0. The van der Waals surface area contributed by atoms with Gasteiger partial charge in [-0.15, -0.1) is 0 Å². The maximum atomic E-state index is 4.00. The van der Waals surface area contributed by atoms with Gasteiger partial charge in [-0.3, -0.25) is 5.10 Å². The van der Waals surface area contributed by atoms with Gasteiger partial charge in [-0.1, -0.05) is 57.8 Å². The molecule has 102 valence electrons. The maximum Gasteiger partial charge on any atom is 0.0725 e. The average molecular weight is 249 g/mol. The summed E-state index contributed by atoms with van der Waals surface area (Å²) in [6.45, 7) is 0. The van der Waals surface area contributed by atoms with Crippen molar-refractivity contribution in [1.82, 2.24) is 10.2 Å². The molecule has 0 radical (unpaired) electrons. The van der Waals surface area contributed by atoms with Crippen molar-refractivity contribution >= 4 is 5.69 Å². The van der Waals surface area contributed by atoms with Crippen LogP contribution in [0.5, 0.6) is 0 Å². The number of aromatic amines is 1. The number of aromatic nitrogens is 2. The van der Waals surface area contributed by atoms with E-state index in [9.17, 15) is 0 Å². The monoisotopic (exact) mass is 249 g/mol. The van der Waals surface area contributed by atoms with Crippen molar-refractivity contribution in [2.75, 3.05) is 5.32 Å². The Bertz CT molecular complexity index is 283. The Kier molecular flexibility index (Phi) is 6.10. The van der Waals surface area contributed by atoms with Gasteiger partial charge in [0.15, 0.2) is 0 Å². The van der Waals surface area contributed by atoms with Crippen LogP contribution in [-0.4, -0.2) is 16.2 Å². The van der Waals surface area contributed by atoms with E-state index >= 15 is 0 Å². The zero-order chi connectivity index (χ0) is 12.5. The molecule has 1 aromatic heterocycles. The van der Waals surface area contributed by atoms with Crippen molar-refractivity contribution in [2.45, 2.75) is 76.7 Å². The highest BCUT2D eigenvalue weighted by atomic mass is 15.1. The Morgan fingerprint density at radius 2 is 1.44 bits per heavy atom. The number of hydrogen-bond donors (Lipinski definition) is 2. The van der Waals surface area contributed by atoms with Crippen LogP contribution >= 0.6 is 0 Å². The lowest BCUT2D eigenvalue weighted by molar-refractivity contribution is 0.480. The first kappa shape index (κ1) is 13.4. The summed E-state index contributed by atoms with van der Waals surface area (Å²) in [6, 6.07) is 0.641. The van der Waals surface area contributed by atoms with Crippen LogP contribution < -0.4 is 5.32 Å². The van der Waals surface area contributed by atoms with Crippen LogP contribution in [0.15, 0.2) is 12.4 Å². The molecule has 3 heteroatoms. The van der Waals surface area contributed by atoms with Gasteiger partial charge in [0.2, 0.25) is 0 Å². The molecule has 0 unspecified atom stereocenters. The minimum atomic E-state index is 0.641. The third-order valence-electron chi connectivity index (χ3n) is 3.97. The number of nitrogens with one attached hydrogen (secondary N) is 2. The topological polar surface area (TPSA) is 40.7 Å². The predicted molar refractivity (Wildman–Crippen MR) is 76.8 cm³/mol. The highest BCUT2D eigenvalue weighted by Crippen LogP contribution is 2.19. The van der Waals surface area contributed by atoms with E-state index < -0.39 is 0 Å². The molecule has 0 spiro atoms. The highest BCUT2D eigenvalue weighted by Gasteiger charge is 2.09. The molecule has 1 aliphatic rings. The SMILES string of the molecule is c1n[nH]cc1NC1CCCCCCCCCCC1. The van der Waals surface area contributed by atoms with Crippen LogP contribution in [0.2, 0.25) is 0 Å². The van der Waals surface area contributed by atoms with Gasteiger partial charge < -0.3 is 5.32 Å². The van der Waals surface area contributed by atoms with Crippen LogP contribution in [-0.2, 0) is 0 Å². The van der Waals surface area contributed by atoms with Gasteiger partial charge in [0.25, 0.3) is 0 Å². The summed E-state index contributed by atoms with van der Waals surface area (Å²) >= 11 is 0. The van der Waals surface area contributed by atoms with E-state index in [0.29, 0.717) is 6.04 Å². The normalized spacial score (nSPS) is 20.9. The molecule has 3 nitrogen and oxygen atoms in total. The van der Waals surface area contributed by atoms with Crippen molar-refractivity contribution in [2.24, 2.45) is 0 Å². The largest absolute Gasteiger partial charge is 0.380 e. The van der Waals surface area contributed by atoms with Crippen molar-refractivity contribution in [3.63, 3.8) is 0 Å². The van der Waals surface area contributed by atoms with E-state index in [1.807, 2.05) is 12.4 Å². The van der Waals surface area contributed by atoms with Crippen molar-refractivity contribution in [3.05, 3.63) is 12.4 Å². The molecular formula is C15H27N3. The number of H-pyrrole nitrogens is 1. The number of nitrogens with zero attached hydrogens (tertiary/aromatic N) is 1. The third-order valence-corrected chi connectivity index (χ3v) is 3.97. The van der Waals surface area contributed by atoms with Crippen LogP contribution in [0.1, 0.15) is 70.6 Å². The van der Waals surface area contributed by atoms with Crippen LogP contribution in [0.3, 0.4) is 0 Å². The lowest BCUT2D eigenvalue weighted by Gasteiger charge is -2.19. The van der Waals surface area contributed by atoms with Crippen LogP contribution in [0, 0.1) is 0 Å². The van der Waals surface area contributed by atoms with Gasteiger partial charge in [-0.2, -0.15) is 5.10 Å². The maximum absolute atomic E-state index is 4.00. The average Bonchev–Trinajstić information content (AvgIpc) is 2.85. The van der Waals surface area contributed by atoms with Crippen molar-refractivity contribution < 1.29 is 0 Å². The lowest BCUT2D eigenvalue weighted by atomic mass is 9.98. The second-order valence-corrected chi connectivity index (χ2v) is 5.59. The van der Waals surface area contributed by atoms with Gasteiger partial charge in [0.1, 0.15) is 0 Å². The molecule has 1 heterocycles. The number of rotatable bonds is 2. The fourth-order valence-corrected chi connectivity index (χ4v) is 2.87. The summed E-state index contributed by atoms with van der Waals surface area (Å²) in [7, 11) is 0. The number of hydrogen-bond acceptors (Lipinski definition) is 2. The fraction of sp³-hybridized carbons (Fsp3) is 0.800. The second kappa shape index (κ2) is 8.17. The molecule has 0 amide bonds. The van der Waals surface area contributed by atoms with Crippen molar-refractivity contribution in [1.29, 1.82) is 0 Å². The van der Waals surface area contributed by atoms with Crippen LogP contribution in [0.25, 0.3) is 0 Å². The molecule has 0 aliphatic heterocycles. The molecule has 1 fully saturated rings. The van der Waals surface area contributed by atoms with Gasteiger partial charge in [-0.25, -0.2) is 0 Å². The first-order chi connectivity index (χ1) is 8.95. The Morgan fingerprint density at radius 1 is 0.889 bits per heavy atom. The first-order valence-corrected chi connectivity index (χ1v) is 7.70. The highest BCUT2D eigenvalue weighted by molar-refractivity contribution is 5.38. The second-order valence-electron chi connectivity index (χ2n) is 5.59. The number of anilines is 1. The molecule has 2 N–H and O–H groups in total. The van der Waals surface area contributed by atoms with Gasteiger partial charge in [-0.05, 0) is 12.8 Å². The van der Waals surface area contributed by atoms with E-state index in [0.717, 1.165) is 5.69 Å². The smallest absolute Gasteiger partial charge is 0.0725 e. The van der Waals surface area contributed by atoms with Crippen LogP contribution in [0.4, 0.5) is 5.69 Å². The molecule has 1 saturated carbocycles. The molecule has 0 saturated heterocycles. The third kappa shape index (κ3) is 5.11. The molecule has 1 aliphatic carbocycles. The zero-order valence-electron chi connectivity index (χ0n) is 11.5. The Morgan fingerprint density at radius 3 is 1.94 bits per heavy atom. The van der Waals surface area contributed by atoms with E-state index in [-0.39, 0.29) is 0 Å². The van der Waals surface area contributed by atoms with Gasteiger partial charge >= 0.3 is 0 Å². The molecule has 2 rings (SSSR count). The first-order valence-electron chi connectivity index (χ1n) is 7.70. The quantitative estimate of drug-likeness (QED) is 0.810. The summed E-state index contributed by atoms with van der Waals surface area (Å²) in [4.78, 5) is 0. The fourth-order valence-electron chi connectivity index (χ4n) is 2.87. The van der Waals surface area contributed by atoms with E-state index in [1.165, 1.54) is 70.6 Å². The standard InChI is InChI=1S/C15H27N3/c1-2-4-6-8-10-14(11-9-7-5-3-1)18-15-12-16-17-13-15/h12-14,18H,1-11H2,(H,16,17). The summed E-state index contributed by atoms with van der Waals surface area (Å²) in [6.07, 6.45) is 19.2. The van der Waals surface area contributed by atoms with E-state index in [4.69, 9.17) is 0 Å². The Hall–Kier alpha value is -0.990. The Balaban J connectivity index is 1.77. The summed E-state index contributed by atoms with van der Waals surface area (Å²) in [5.41, 5.74) is 1.15. The van der Waals surface area contributed by atoms with Crippen molar-refractivity contribution in [3.8, 4) is 0 Å². The minimum Gasteiger partial charge on any atom is -0.380 e. The molecule has 0 atom stereocenters. The zero-order valence-corrected chi connectivity index (χ0v) is 11.5. The molecular weight excluding hydrogens is 222 g/mol. The summed E-state index contributed by atoms with van der Waals surface area (Å²) in [5.74, 6) is 0. The predicted octanol–water partition coefficient (Wildman–Crippen LogP) is 4.49. The molecule has 18 heavy (non-hydrogen) atoms. The van der Waals surface area contributed by atoms with Gasteiger partial charge in [0, 0.05) is 12.2 Å². The molecule has 1 aromatic rings. The van der Waals surface area contributed by atoms with E-state index in [1.54, 1.807) is 0 Å². The Labute approximate surface area is 111 Å². The summed E-state index contributed by atoms with van der Waals surface area (Å²) in [5, 5.41) is 10.5. The van der Waals surface area contributed by atoms with E-state index in [2.05, 4.69) is 15.5 Å². The minimum absolute atomic E-state index is 0.641. The molecule has 0 bridgehead atoms. The van der Waals surface area contributed by atoms with Gasteiger partial charge in [0.05, 0.1) is 11.9 Å². The molecule has 0 aromatic carbocycles.